The number of fused-ring (bicyclic) bond motifs is 1. The summed E-state index contributed by atoms with van der Waals surface area (Å²) in [5, 5.41) is 10.9. The molecule has 0 unspecified atom stereocenters. The second-order valence-corrected chi connectivity index (χ2v) is 5.45. The number of rotatable bonds is 4. The lowest BCUT2D eigenvalue weighted by atomic mass is 10.3. The fourth-order valence-electron chi connectivity index (χ4n) is 1.98. The Kier molecular flexibility index (Phi) is 4.02. The summed E-state index contributed by atoms with van der Waals surface area (Å²) in [6, 6.07) is 7.74. The lowest BCUT2D eigenvalue weighted by Gasteiger charge is -2.07. The van der Waals surface area contributed by atoms with Crippen LogP contribution < -0.4 is 10.3 Å². The Balaban J connectivity index is 1.90. The van der Waals surface area contributed by atoms with Crippen LogP contribution in [-0.4, -0.2) is 19.3 Å². The first-order valence-electron chi connectivity index (χ1n) is 6.44. The molecule has 0 N–H and O–H groups in total. The molecule has 0 saturated heterocycles. The second kappa shape index (κ2) is 6.13. The van der Waals surface area contributed by atoms with E-state index >= 15 is 0 Å². The van der Waals surface area contributed by atoms with Gasteiger partial charge in [0, 0.05) is 16.7 Å². The summed E-state index contributed by atoms with van der Waals surface area (Å²) in [4.78, 5) is 30.3. The van der Waals surface area contributed by atoms with Crippen molar-refractivity contribution in [3.8, 4) is 5.75 Å². The number of hydrogen-bond donors (Lipinski definition) is 0. The molecule has 0 atom stereocenters. The largest absolute Gasteiger partial charge is 0.479 e. The maximum atomic E-state index is 12.1. The number of nitrogens with zero attached hydrogens (tertiary/aromatic N) is 4. The topological polar surface area (TPSA) is 99.6 Å². The molecule has 9 heteroatoms. The third-order valence-electron chi connectivity index (χ3n) is 2.98. The quantitative estimate of drug-likeness (QED) is 0.511. The van der Waals surface area contributed by atoms with Crippen LogP contribution in [0, 0.1) is 10.1 Å². The Morgan fingerprint density at radius 1 is 1.35 bits per heavy atom. The van der Waals surface area contributed by atoms with Crippen molar-refractivity contribution < 1.29 is 9.66 Å². The van der Waals surface area contributed by atoms with Gasteiger partial charge in [-0.3, -0.25) is 9.20 Å². The highest BCUT2D eigenvalue weighted by molar-refractivity contribution is 9.10. The normalized spacial score (nSPS) is 10.7. The summed E-state index contributed by atoms with van der Waals surface area (Å²) in [5.74, 6) is -0.357. The van der Waals surface area contributed by atoms with E-state index in [1.54, 1.807) is 18.3 Å². The molecule has 0 fully saturated rings. The smallest absolute Gasteiger partial charge is 0.406 e. The van der Waals surface area contributed by atoms with E-state index in [0.29, 0.717) is 11.3 Å². The van der Waals surface area contributed by atoms with Crippen LogP contribution in [0.15, 0.2) is 52.0 Å². The Morgan fingerprint density at radius 2 is 2.17 bits per heavy atom. The summed E-state index contributed by atoms with van der Waals surface area (Å²) >= 11 is 3.28. The van der Waals surface area contributed by atoms with Crippen LogP contribution in [0.4, 0.5) is 5.82 Å². The minimum absolute atomic E-state index is 0.0234. The van der Waals surface area contributed by atoms with Crippen molar-refractivity contribution >= 4 is 27.4 Å². The van der Waals surface area contributed by atoms with Crippen molar-refractivity contribution in [3.63, 3.8) is 0 Å². The van der Waals surface area contributed by atoms with Gasteiger partial charge in [0.1, 0.15) is 18.5 Å². The predicted molar refractivity (Wildman–Crippen MR) is 84.4 cm³/mol. The highest BCUT2D eigenvalue weighted by Crippen LogP contribution is 2.23. The standard InChI is InChI=1S/C14H9BrN4O4/c15-9-3-4-12-17-10(6-13(20)18(12)7-9)8-23-11-2-1-5-16-14(11)19(21)22/h1-7H,8H2. The molecule has 3 aromatic heterocycles. The first-order valence-corrected chi connectivity index (χ1v) is 7.24. The fourth-order valence-corrected chi connectivity index (χ4v) is 2.32. The van der Waals surface area contributed by atoms with Gasteiger partial charge in [-0.05, 0) is 50.1 Å². The molecular weight excluding hydrogens is 368 g/mol. The zero-order valence-electron chi connectivity index (χ0n) is 11.5. The number of halogens is 1. The number of pyridine rings is 2. The average molecular weight is 377 g/mol. The molecule has 3 rings (SSSR count). The lowest BCUT2D eigenvalue weighted by Crippen LogP contribution is -2.16. The maximum absolute atomic E-state index is 12.1. The van der Waals surface area contributed by atoms with Gasteiger partial charge in [0.05, 0.1) is 5.69 Å². The van der Waals surface area contributed by atoms with E-state index in [1.807, 2.05) is 0 Å². The molecule has 0 radical (unpaired) electrons. The van der Waals surface area contributed by atoms with Crippen LogP contribution in [-0.2, 0) is 6.61 Å². The molecule has 3 heterocycles. The SMILES string of the molecule is O=c1cc(COc2cccnc2[N+](=O)[O-])nc2ccc(Br)cn12. The third-order valence-corrected chi connectivity index (χ3v) is 3.44. The molecule has 0 amide bonds. The average Bonchev–Trinajstić information content (AvgIpc) is 2.54. The van der Waals surface area contributed by atoms with E-state index in [4.69, 9.17) is 4.74 Å². The molecule has 0 aliphatic rings. The van der Waals surface area contributed by atoms with Crippen molar-refractivity contribution in [1.29, 1.82) is 0 Å². The zero-order chi connectivity index (χ0) is 16.4. The number of hydrogen-bond acceptors (Lipinski definition) is 6. The molecule has 23 heavy (non-hydrogen) atoms. The number of ether oxygens (including phenoxy) is 1. The van der Waals surface area contributed by atoms with Gasteiger partial charge in [-0.25, -0.2) is 4.98 Å². The first-order chi connectivity index (χ1) is 11.0. The van der Waals surface area contributed by atoms with Gasteiger partial charge < -0.3 is 14.9 Å². The molecule has 0 aromatic carbocycles. The highest BCUT2D eigenvalue weighted by atomic mass is 79.9. The van der Waals surface area contributed by atoms with Crippen molar-refractivity contribution in [1.82, 2.24) is 14.4 Å². The summed E-state index contributed by atoms with van der Waals surface area (Å²) in [7, 11) is 0. The van der Waals surface area contributed by atoms with Crippen LogP contribution in [0.3, 0.4) is 0 Å². The molecule has 0 bridgehead atoms. The second-order valence-electron chi connectivity index (χ2n) is 4.53. The third kappa shape index (κ3) is 3.19. The Bertz CT molecular complexity index is 957. The predicted octanol–water partition coefficient (Wildman–Crippen LogP) is 2.34. The van der Waals surface area contributed by atoms with Gasteiger partial charge in [-0.15, -0.1) is 0 Å². The molecular formula is C14H9BrN4O4. The molecule has 0 spiro atoms. The minimum Gasteiger partial charge on any atom is -0.479 e. The van der Waals surface area contributed by atoms with Crippen LogP contribution in [0.2, 0.25) is 0 Å². The van der Waals surface area contributed by atoms with Gasteiger partial charge in [-0.1, -0.05) is 0 Å². The zero-order valence-corrected chi connectivity index (χ0v) is 13.1. The van der Waals surface area contributed by atoms with Crippen LogP contribution in [0.25, 0.3) is 5.65 Å². The summed E-state index contributed by atoms with van der Waals surface area (Å²) < 4.78 is 7.53. The molecule has 116 valence electrons. The van der Waals surface area contributed by atoms with Crippen LogP contribution in [0.1, 0.15) is 5.69 Å². The van der Waals surface area contributed by atoms with E-state index in [-0.39, 0.29) is 23.7 Å². The monoisotopic (exact) mass is 376 g/mol. The van der Waals surface area contributed by atoms with Gasteiger partial charge >= 0.3 is 5.82 Å². The summed E-state index contributed by atoms with van der Waals surface area (Å²) in [6.45, 7) is -0.0751. The van der Waals surface area contributed by atoms with E-state index in [9.17, 15) is 14.9 Å². The van der Waals surface area contributed by atoms with Crippen LogP contribution >= 0.6 is 15.9 Å². The van der Waals surface area contributed by atoms with Crippen molar-refractivity contribution in [3.05, 3.63) is 73.4 Å². The van der Waals surface area contributed by atoms with Crippen molar-refractivity contribution in [2.45, 2.75) is 6.61 Å². The highest BCUT2D eigenvalue weighted by Gasteiger charge is 2.16. The van der Waals surface area contributed by atoms with Crippen LogP contribution in [0.5, 0.6) is 5.75 Å². The fraction of sp³-hybridized carbons (Fsp3) is 0.0714. The lowest BCUT2D eigenvalue weighted by molar-refractivity contribution is -0.390. The Hall–Kier alpha value is -2.81. The van der Waals surface area contributed by atoms with E-state index in [1.165, 1.54) is 28.8 Å². The van der Waals surface area contributed by atoms with Gasteiger partial charge in [-0.2, -0.15) is 0 Å². The molecule has 3 aromatic rings. The number of nitro groups is 1. The maximum Gasteiger partial charge on any atom is 0.406 e. The molecule has 0 aliphatic carbocycles. The summed E-state index contributed by atoms with van der Waals surface area (Å²) in [5.41, 5.74) is 0.561. The van der Waals surface area contributed by atoms with E-state index < -0.39 is 4.92 Å². The van der Waals surface area contributed by atoms with E-state index in [0.717, 1.165) is 4.47 Å². The van der Waals surface area contributed by atoms with Crippen molar-refractivity contribution in [2.75, 3.05) is 0 Å². The Labute approximate surface area is 137 Å². The van der Waals surface area contributed by atoms with Gasteiger partial charge in [0.2, 0.25) is 5.75 Å². The van der Waals surface area contributed by atoms with Gasteiger partial charge in [0.15, 0.2) is 0 Å². The van der Waals surface area contributed by atoms with Gasteiger partial charge in [0.25, 0.3) is 5.56 Å². The van der Waals surface area contributed by atoms with E-state index in [2.05, 4.69) is 25.9 Å². The minimum atomic E-state index is -0.629. The molecule has 0 saturated carbocycles. The number of aromatic nitrogens is 3. The summed E-state index contributed by atoms with van der Waals surface area (Å²) in [6.07, 6.45) is 2.92. The Morgan fingerprint density at radius 3 is 2.96 bits per heavy atom. The molecule has 8 nitrogen and oxygen atoms in total. The van der Waals surface area contributed by atoms with Crippen molar-refractivity contribution in [2.24, 2.45) is 0 Å². The first kappa shape index (κ1) is 15.1. The molecule has 0 aliphatic heterocycles.